The van der Waals surface area contributed by atoms with Crippen LogP contribution in [0.1, 0.15) is 26.3 Å². The molecule has 2 N–H and O–H groups in total. The molecule has 1 aliphatic heterocycles. The number of nitrogens with two attached hydrogens (primary N) is 1. The van der Waals surface area contributed by atoms with Crippen LogP contribution in [0.25, 0.3) is 16.9 Å². The average molecular weight is 855 g/mol. The summed E-state index contributed by atoms with van der Waals surface area (Å²) in [4.78, 5) is 36.0. The number of carbonyl (C=O) groups excluding carboxylic acids is 1. The molecule has 0 spiro atoms. The lowest BCUT2D eigenvalue weighted by Gasteiger charge is -2.14. The zero-order valence-corrected chi connectivity index (χ0v) is 35.6. The number of para-hydroxylation sites is 1. The van der Waals surface area contributed by atoms with Crippen molar-refractivity contribution in [2.24, 2.45) is 0 Å². The third-order valence-corrected chi connectivity index (χ3v) is 7.75. The van der Waals surface area contributed by atoms with Crippen LogP contribution in [0.5, 0.6) is 11.5 Å². The van der Waals surface area contributed by atoms with Crippen molar-refractivity contribution in [2.75, 3.05) is 18.8 Å². The fourth-order valence-electron chi connectivity index (χ4n) is 5.19. The molecule has 1 saturated heterocycles. The highest BCUT2D eigenvalue weighted by Gasteiger charge is 2.31. The largest absolute Gasteiger partial charge is 0.457 e. The summed E-state index contributed by atoms with van der Waals surface area (Å²) in [5.41, 5.74) is 7.37. The van der Waals surface area contributed by atoms with Crippen molar-refractivity contribution < 1.29 is 9.53 Å². The molecule has 1 fully saturated rings. The predicted octanol–water partition coefficient (Wildman–Crippen LogP) is 3.44. The number of anilines is 1. The second-order valence-electron chi connectivity index (χ2n) is 11.9. The second kappa shape index (κ2) is 28.8. The molecular weight excluding hydrogens is 829 g/mol. The Morgan fingerprint density at radius 2 is 1.06 bits per heavy atom. The molecule has 1 aliphatic rings. The number of carbonyl (C=O) groups is 1. The number of hydrogen-bond donors (Lipinski definition) is 1. The van der Waals surface area contributed by atoms with E-state index in [-0.39, 0.29) is 23.5 Å². The lowest BCUT2D eigenvalue weighted by atomic mass is 10.2. The lowest BCUT2D eigenvalue weighted by Crippen LogP contribution is -2.31. The third kappa shape index (κ3) is 16.7. The van der Waals surface area contributed by atoms with Crippen molar-refractivity contribution in [3.63, 3.8) is 0 Å². The highest BCUT2D eigenvalue weighted by atomic mass is 16.5. The maximum Gasteiger partial charge on any atom is 0.335 e. The molecule has 4 aromatic rings. The summed E-state index contributed by atoms with van der Waals surface area (Å²) in [5.74, 6) is 83.4. The minimum atomic E-state index is -0.292. The SMILES string of the molecule is C#CC#CC#CC#CC#CC#CC#CC#CC#CC#CC#CC#CC#CC#CC#CC#CC.CC#CC(=O)N1CCC(n2c(=O)n(-c3ccc(Oc4ccccc4)cc3)c3c(N)ncnc32)C1. The fourth-order valence-corrected chi connectivity index (χ4v) is 5.19. The molecule has 67 heavy (non-hydrogen) atoms. The third-order valence-electron chi connectivity index (χ3n) is 7.75. The average Bonchev–Trinajstić information content (AvgIpc) is 3.95. The van der Waals surface area contributed by atoms with E-state index in [0.29, 0.717) is 42.1 Å². The van der Waals surface area contributed by atoms with E-state index in [1.54, 1.807) is 47.6 Å². The van der Waals surface area contributed by atoms with Gasteiger partial charge in [0.15, 0.2) is 11.5 Å². The first-order chi connectivity index (χ1) is 33.0. The molecule has 1 unspecified atom stereocenters. The van der Waals surface area contributed by atoms with Gasteiger partial charge in [0.2, 0.25) is 0 Å². The van der Waals surface area contributed by atoms with Crippen LogP contribution in [-0.4, -0.2) is 43.0 Å². The van der Waals surface area contributed by atoms with Gasteiger partial charge in [0.05, 0.1) is 11.7 Å². The molecule has 1 amide bonds. The molecule has 9 nitrogen and oxygen atoms in total. The van der Waals surface area contributed by atoms with Gasteiger partial charge < -0.3 is 15.4 Å². The molecule has 9 heteroatoms. The number of amides is 1. The van der Waals surface area contributed by atoms with Crippen LogP contribution in [0.15, 0.2) is 65.7 Å². The first-order valence-corrected chi connectivity index (χ1v) is 19.1. The normalized spacial score (nSPS) is 9.63. The molecule has 0 radical (unpaired) electrons. The molecule has 3 heterocycles. The van der Waals surface area contributed by atoms with E-state index in [9.17, 15) is 9.59 Å². The van der Waals surface area contributed by atoms with E-state index in [2.05, 4.69) is 205 Å². The van der Waals surface area contributed by atoms with E-state index in [1.807, 2.05) is 30.3 Å². The Hall–Kier alpha value is -11.6. The van der Waals surface area contributed by atoms with Crippen LogP contribution in [0.2, 0.25) is 0 Å². The van der Waals surface area contributed by atoms with Gasteiger partial charge in [-0.05, 0) is 157 Å². The summed E-state index contributed by atoms with van der Waals surface area (Å²) in [6.45, 7) is 4.21. The topological polar surface area (TPSA) is 108 Å². The monoisotopic (exact) mass is 854 g/mol. The van der Waals surface area contributed by atoms with Gasteiger partial charge in [0.1, 0.15) is 23.3 Å². The predicted molar refractivity (Wildman–Crippen MR) is 259 cm³/mol. The maximum absolute atomic E-state index is 13.6. The second-order valence-corrected chi connectivity index (χ2v) is 11.9. The number of rotatable bonds is 4. The Bertz CT molecular complexity index is 3790. The molecule has 0 saturated carbocycles. The number of terminal acetylenes is 1. The van der Waals surface area contributed by atoms with Crippen molar-refractivity contribution in [1.82, 2.24) is 24.0 Å². The lowest BCUT2D eigenvalue weighted by molar-refractivity contribution is -0.124. The number of fused-ring (bicyclic) bond motifs is 1. The Kier molecular flexibility index (Phi) is 20.6. The first-order valence-electron chi connectivity index (χ1n) is 19.1. The Balaban J connectivity index is 0.000000293. The van der Waals surface area contributed by atoms with Crippen molar-refractivity contribution in [2.45, 2.75) is 26.3 Å². The van der Waals surface area contributed by atoms with Crippen LogP contribution >= 0.6 is 0 Å². The highest BCUT2D eigenvalue weighted by Crippen LogP contribution is 2.28. The number of benzene rings is 2. The smallest absolute Gasteiger partial charge is 0.335 e. The Labute approximate surface area is 390 Å². The van der Waals surface area contributed by atoms with E-state index in [0.717, 1.165) is 5.75 Å². The summed E-state index contributed by atoms with van der Waals surface area (Å²) in [6.07, 6.45) is 6.88. The summed E-state index contributed by atoms with van der Waals surface area (Å²) >= 11 is 0. The zero-order chi connectivity index (χ0) is 47.6. The summed E-state index contributed by atoms with van der Waals surface area (Å²) in [7, 11) is 0. The van der Waals surface area contributed by atoms with Crippen LogP contribution in [0.3, 0.4) is 0 Å². The van der Waals surface area contributed by atoms with Gasteiger partial charge >= 0.3 is 5.69 Å². The van der Waals surface area contributed by atoms with Crippen LogP contribution in [-0.2, 0) is 4.79 Å². The number of likely N-dealkylation sites (tertiary alicyclic amines) is 1. The summed E-state index contributed by atoms with van der Waals surface area (Å²) in [6, 6.07) is 16.4. The number of imidazole rings is 1. The molecule has 5 rings (SSSR count). The molecule has 1 atom stereocenters. The minimum absolute atomic E-state index is 0.202. The van der Waals surface area contributed by atoms with Gasteiger partial charge in [-0.25, -0.2) is 14.8 Å². The van der Waals surface area contributed by atoms with E-state index in [1.165, 1.54) is 10.9 Å². The molecule has 306 valence electrons. The zero-order valence-electron chi connectivity index (χ0n) is 35.6. The Morgan fingerprint density at radius 3 is 1.51 bits per heavy atom. The fraction of sp³-hybridized carbons (Fsp3) is 0.103. The van der Waals surface area contributed by atoms with Crippen LogP contribution < -0.4 is 16.2 Å². The number of aromatic nitrogens is 4. The number of ether oxygens (including phenoxy) is 1. The molecule has 2 aromatic heterocycles. The van der Waals surface area contributed by atoms with Gasteiger partial charge in [-0.3, -0.25) is 13.9 Å². The summed E-state index contributed by atoms with van der Waals surface area (Å²) in [5, 5.41) is 0. The summed E-state index contributed by atoms with van der Waals surface area (Å²) < 4.78 is 8.97. The van der Waals surface area contributed by atoms with Crippen molar-refractivity contribution in [3.05, 3.63) is 71.4 Å². The van der Waals surface area contributed by atoms with Crippen molar-refractivity contribution >= 4 is 22.9 Å². The van der Waals surface area contributed by atoms with Crippen LogP contribution in [0, 0.1) is 202 Å². The molecule has 0 bridgehead atoms. The van der Waals surface area contributed by atoms with Gasteiger partial charge in [0, 0.05) is 96.0 Å². The van der Waals surface area contributed by atoms with E-state index < -0.39 is 0 Å². The van der Waals surface area contributed by atoms with Gasteiger partial charge in [-0.15, -0.1) is 6.42 Å². The van der Waals surface area contributed by atoms with Crippen LogP contribution in [0.4, 0.5) is 5.82 Å². The van der Waals surface area contributed by atoms with E-state index in [4.69, 9.17) is 16.9 Å². The number of hydrogen-bond acceptors (Lipinski definition) is 6. The van der Waals surface area contributed by atoms with Gasteiger partial charge in [-0.2, -0.15) is 0 Å². The first kappa shape index (κ1) is 48.1. The van der Waals surface area contributed by atoms with Gasteiger partial charge in [0.25, 0.3) is 5.91 Å². The van der Waals surface area contributed by atoms with Gasteiger partial charge in [-0.1, -0.05) is 30.0 Å². The molecule has 2 aromatic carbocycles. The van der Waals surface area contributed by atoms with E-state index >= 15 is 0 Å². The maximum atomic E-state index is 13.6. The number of nitrogen functional groups attached to an aromatic ring is 1. The quantitative estimate of drug-likeness (QED) is 0.316. The van der Waals surface area contributed by atoms with Crippen molar-refractivity contribution in [1.29, 1.82) is 0 Å². The highest BCUT2D eigenvalue weighted by molar-refractivity contribution is 5.93. The minimum Gasteiger partial charge on any atom is -0.457 e. The Morgan fingerprint density at radius 1 is 0.612 bits per heavy atom. The molecular formula is C58H26N6O3. The van der Waals surface area contributed by atoms with Crippen molar-refractivity contribution in [3.8, 4) is 219 Å². The standard InChI is InChI=1S/C33H4.C25H22N6O3/c1-3-5-7-9-11-13-15-17-19-21-23-25-27-29-31-33-32-30-28-26-24-22-20-18-16-14-12-10-8-6-4-2;1-2-6-21(32)29-14-13-18(15-29)31-24-22(23(26)27-16-28-24)30(25(31)33)17-9-11-20(12-10-17)34-19-7-4-3-5-8-19/h1H,2H3;3-5,7-12,16,18H,13-15H2,1H3,(H2,26,27,28). The molecule has 0 aliphatic carbocycles. The number of nitrogens with zero attached hydrogens (tertiary/aromatic N) is 5.